The molecule has 0 aliphatic heterocycles. The third-order valence-electron chi connectivity index (χ3n) is 4.57. The Balaban J connectivity index is 1.48. The second-order valence-electron chi connectivity index (χ2n) is 6.69. The lowest BCUT2D eigenvalue weighted by atomic mass is 10.0. The molecule has 3 rings (SSSR count). The Kier molecular flexibility index (Phi) is 9.13. The van der Waals surface area contributed by atoms with Crippen molar-refractivity contribution >= 4 is 43.6 Å². The largest absolute Gasteiger partial charge is 0.316 e. The van der Waals surface area contributed by atoms with Gasteiger partial charge in [-0.25, -0.2) is 0 Å². The molecule has 0 amide bonds. The fourth-order valence-electron chi connectivity index (χ4n) is 3.10. The summed E-state index contributed by atoms with van der Waals surface area (Å²) in [5.41, 5.74) is 4.11. The number of benzene rings is 3. The average Bonchev–Trinajstić information content (AvgIpc) is 2.73. The number of hydrogen-bond acceptors (Lipinski definition) is 2. The molecule has 4 heteroatoms. The summed E-state index contributed by atoms with van der Waals surface area (Å²) in [6.45, 7) is 2.10. The number of nitrogens with one attached hydrogen (secondary N) is 1. The molecule has 1 nitrogen and oxygen atoms in total. The SMILES string of the molecule is Brc1ccc(C(SCCNCCCc2ccccc2)c2ccc(Br)cc2)cc1. The molecule has 146 valence electrons. The summed E-state index contributed by atoms with van der Waals surface area (Å²) in [7, 11) is 0. The van der Waals surface area contributed by atoms with Crippen LogP contribution in [0.1, 0.15) is 28.4 Å². The molecule has 0 unspecified atom stereocenters. The van der Waals surface area contributed by atoms with Gasteiger partial charge < -0.3 is 5.32 Å². The van der Waals surface area contributed by atoms with E-state index >= 15 is 0 Å². The zero-order chi connectivity index (χ0) is 19.6. The smallest absolute Gasteiger partial charge is 0.0547 e. The summed E-state index contributed by atoms with van der Waals surface area (Å²) in [6.07, 6.45) is 2.32. The molecule has 0 spiro atoms. The van der Waals surface area contributed by atoms with Gasteiger partial charge in [-0.2, -0.15) is 0 Å². The standard InChI is InChI=1S/C24H25Br2NS/c25-22-12-8-20(9-13-22)24(21-10-14-23(26)15-11-21)28-18-17-27-16-4-7-19-5-2-1-3-6-19/h1-3,5-6,8-15,24,27H,4,7,16-18H2. The summed E-state index contributed by atoms with van der Waals surface area (Å²) >= 11 is 9.08. The first-order valence-electron chi connectivity index (χ1n) is 9.59. The fraction of sp³-hybridized carbons (Fsp3) is 0.250. The Hall–Kier alpha value is -1.07. The van der Waals surface area contributed by atoms with Gasteiger partial charge >= 0.3 is 0 Å². The summed E-state index contributed by atoms with van der Waals surface area (Å²) in [5, 5.41) is 3.95. The van der Waals surface area contributed by atoms with Crippen LogP contribution in [-0.4, -0.2) is 18.8 Å². The highest BCUT2D eigenvalue weighted by Crippen LogP contribution is 2.36. The molecule has 0 atom stereocenters. The molecule has 0 fully saturated rings. The lowest BCUT2D eigenvalue weighted by Gasteiger charge is -2.18. The molecule has 0 radical (unpaired) electrons. The van der Waals surface area contributed by atoms with E-state index in [4.69, 9.17) is 0 Å². The van der Waals surface area contributed by atoms with Gasteiger partial charge in [-0.15, -0.1) is 11.8 Å². The molecular formula is C24H25Br2NS. The molecule has 0 aliphatic rings. The monoisotopic (exact) mass is 517 g/mol. The van der Waals surface area contributed by atoms with Gasteiger partial charge in [0, 0.05) is 21.2 Å². The van der Waals surface area contributed by atoms with E-state index < -0.39 is 0 Å². The van der Waals surface area contributed by atoms with Crippen LogP contribution in [0.15, 0.2) is 87.8 Å². The van der Waals surface area contributed by atoms with Crippen LogP contribution in [0.3, 0.4) is 0 Å². The third kappa shape index (κ3) is 7.07. The number of aryl methyl sites for hydroxylation is 1. The molecule has 0 saturated carbocycles. The second kappa shape index (κ2) is 11.8. The van der Waals surface area contributed by atoms with E-state index in [1.54, 1.807) is 0 Å². The predicted octanol–water partition coefficient (Wildman–Crippen LogP) is 7.26. The molecule has 28 heavy (non-hydrogen) atoms. The molecule has 0 heterocycles. The van der Waals surface area contributed by atoms with E-state index in [0.717, 1.165) is 34.2 Å². The van der Waals surface area contributed by atoms with Gasteiger partial charge in [0.15, 0.2) is 0 Å². The predicted molar refractivity (Wildman–Crippen MR) is 130 cm³/mol. The molecule has 0 aliphatic carbocycles. The van der Waals surface area contributed by atoms with Crippen molar-refractivity contribution in [3.63, 3.8) is 0 Å². The van der Waals surface area contributed by atoms with Crippen LogP contribution in [0.25, 0.3) is 0 Å². The first kappa shape index (κ1) is 21.6. The van der Waals surface area contributed by atoms with Gasteiger partial charge in [0.2, 0.25) is 0 Å². The summed E-state index contributed by atoms with van der Waals surface area (Å²) < 4.78 is 2.24. The minimum atomic E-state index is 0.354. The zero-order valence-corrected chi connectivity index (χ0v) is 19.8. The number of rotatable bonds is 10. The molecule has 3 aromatic rings. The van der Waals surface area contributed by atoms with Crippen molar-refractivity contribution in [3.05, 3.63) is 104 Å². The maximum atomic E-state index is 3.60. The Morgan fingerprint density at radius 2 is 1.29 bits per heavy atom. The summed E-state index contributed by atoms with van der Waals surface area (Å²) in [5.74, 6) is 1.09. The molecular weight excluding hydrogens is 494 g/mol. The van der Waals surface area contributed by atoms with Gasteiger partial charge in [0.1, 0.15) is 0 Å². The van der Waals surface area contributed by atoms with Crippen LogP contribution < -0.4 is 5.32 Å². The minimum absolute atomic E-state index is 0.354. The van der Waals surface area contributed by atoms with Crippen molar-refractivity contribution in [1.82, 2.24) is 5.32 Å². The van der Waals surface area contributed by atoms with Gasteiger partial charge in [-0.1, -0.05) is 86.5 Å². The zero-order valence-electron chi connectivity index (χ0n) is 15.8. The lowest BCUT2D eigenvalue weighted by molar-refractivity contribution is 0.676. The van der Waals surface area contributed by atoms with Gasteiger partial charge in [-0.3, -0.25) is 0 Å². The Bertz CT molecular complexity index is 774. The van der Waals surface area contributed by atoms with Crippen molar-refractivity contribution in [2.75, 3.05) is 18.8 Å². The lowest BCUT2D eigenvalue weighted by Crippen LogP contribution is -2.19. The quantitative estimate of drug-likeness (QED) is 0.283. The molecule has 0 bridgehead atoms. The van der Waals surface area contributed by atoms with E-state index in [0.29, 0.717) is 5.25 Å². The van der Waals surface area contributed by atoms with Gasteiger partial charge in [0.05, 0.1) is 5.25 Å². The van der Waals surface area contributed by atoms with Crippen LogP contribution >= 0.6 is 43.6 Å². The van der Waals surface area contributed by atoms with E-state index in [1.807, 2.05) is 11.8 Å². The Labute approximate surface area is 189 Å². The van der Waals surface area contributed by atoms with Crippen molar-refractivity contribution < 1.29 is 0 Å². The van der Waals surface area contributed by atoms with Crippen molar-refractivity contribution in [1.29, 1.82) is 0 Å². The highest BCUT2D eigenvalue weighted by atomic mass is 79.9. The normalized spacial score (nSPS) is 11.1. The van der Waals surface area contributed by atoms with Crippen molar-refractivity contribution in [2.45, 2.75) is 18.1 Å². The van der Waals surface area contributed by atoms with E-state index in [9.17, 15) is 0 Å². The molecule has 0 aromatic heterocycles. The Morgan fingerprint density at radius 1 is 0.714 bits per heavy atom. The third-order valence-corrected chi connectivity index (χ3v) is 6.95. The summed E-state index contributed by atoms with van der Waals surface area (Å²) in [4.78, 5) is 0. The van der Waals surface area contributed by atoms with Crippen molar-refractivity contribution in [2.24, 2.45) is 0 Å². The maximum absolute atomic E-state index is 3.60. The van der Waals surface area contributed by atoms with Crippen LogP contribution in [0.5, 0.6) is 0 Å². The van der Waals surface area contributed by atoms with Crippen LogP contribution in [0, 0.1) is 0 Å². The first-order valence-corrected chi connectivity index (χ1v) is 12.2. The van der Waals surface area contributed by atoms with Crippen LogP contribution in [0.2, 0.25) is 0 Å². The molecule has 0 saturated heterocycles. The first-order chi connectivity index (χ1) is 13.7. The number of halogens is 2. The van der Waals surface area contributed by atoms with Crippen molar-refractivity contribution in [3.8, 4) is 0 Å². The maximum Gasteiger partial charge on any atom is 0.0547 e. The van der Waals surface area contributed by atoms with E-state index in [-0.39, 0.29) is 0 Å². The second-order valence-corrected chi connectivity index (χ2v) is 9.74. The minimum Gasteiger partial charge on any atom is -0.316 e. The highest BCUT2D eigenvalue weighted by Gasteiger charge is 2.14. The Morgan fingerprint density at radius 3 is 1.86 bits per heavy atom. The van der Waals surface area contributed by atoms with E-state index in [1.165, 1.54) is 23.1 Å². The average molecular weight is 519 g/mol. The van der Waals surface area contributed by atoms with Gasteiger partial charge in [0.25, 0.3) is 0 Å². The van der Waals surface area contributed by atoms with Gasteiger partial charge in [-0.05, 0) is 60.3 Å². The number of hydrogen-bond donors (Lipinski definition) is 1. The van der Waals surface area contributed by atoms with Crippen LogP contribution in [-0.2, 0) is 6.42 Å². The number of thioether (sulfide) groups is 1. The summed E-state index contributed by atoms with van der Waals surface area (Å²) in [6, 6.07) is 28.1. The fourth-order valence-corrected chi connectivity index (χ4v) is 4.82. The molecule has 3 aromatic carbocycles. The topological polar surface area (TPSA) is 12.0 Å². The molecule has 1 N–H and O–H groups in total. The highest BCUT2D eigenvalue weighted by molar-refractivity contribution is 9.10. The van der Waals surface area contributed by atoms with E-state index in [2.05, 4.69) is 116 Å². The van der Waals surface area contributed by atoms with Crippen LogP contribution in [0.4, 0.5) is 0 Å².